The van der Waals surface area contributed by atoms with Gasteiger partial charge in [0.15, 0.2) is 0 Å². The number of amides is 1. The predicted octanol–water partition coefficient (Wildman–Crippen LogP) is 0.602. The monoisotopic (exact) mass is 283 g/mol. The molecule has 5 nitrogen and oxygen atoms in total. The summed E-state index contributed by atoms with van der Waals surface area (Å²) in [6, 6.07) is 0.199. The largest absolute Gasteiger partial charge is 0.379 e. The molecule has 0 spiro atoms. The summed E-state index contributed by atoms with van der Waals surface area (Å²) in [6.45, 7) is 9.75. The number of piperidine rings is 1. The van der Waals surface area contributed by atoms with E-state index in [1.54, 1.807) is 0 Å². The van der Waals surface area contributed by atoms with E-state index >= 15 is 0 Å². The van der Waals surface area contributed by atoms with Gasteiger partial charge in [0.1, 0.15) is 0 Å². The molecule has 2 rings (SSSR count). The Morgan fingerprint density at radius 3 is 2.90 bits per heavy atom. The minimum atomic E-state index is 0.000777. The first-order valence-electron chi connectivity index (χ1n) is 8.03. The number of ether oxygens (including phenoxy) is 1. The van der Waals surface area contributed by atoms with Crippen LogP contribution >= 0.6 is 0 Å². The normalized spacial score (nSPS) is 29.9. The fourth-order valence-electron chi connectivity index (χ4n) is 3.13. The van der Waals surface area contributed by atoms with Crippen LogP contribution in [0.1, 0.15) is 33.1 Å². The van der Waals surface area contributed by atoms with Gasteiger partial charge in [-0.2, -0.15) is 0 Å². The van der Waals surface area contributed by atoms with Gasteiger partial charge in [-0.3, -0.25) is 9.69 Å². The number of nitrogens with one attached hydrogen (secondary N) is 2. The van der Waals surface area contributed by atoms with Crippen molar-refractivity contribution in [1.82, 2.24) is 15.5 Å². The number of carbonyl (C=O) groups is 1. The Morgan fingerprint density at radius 1 is 1.45 bits per heavy atom. The second-order valence-corrected chi connectivity index (χ2v) is 6.13. The molecule has 2 aliphatic rings. The third-order valence-electron chi connectivity index (χ3n) is 4.43. The molecule has 2 N–H and O–H groups in total. The average Bonchev–Trinajstić information content (AvgIpc) is 2.48. The maximum atomic E-state index is 12.3. The molecule has 2 heterocycles. The molecule has 5 heteroatoms. The van der Waals surface area contributed by atoms with Crippen LogP contribution in [0.25, 0.3) is 0 Å². The van der Waals surface area contributed by atoms with Gasteiger partial charge in [-0.05, 0) is 32.2 Å². The molecule has 1 amide bonds. The summed E-state index contributed by atoms with van der Waals surface area (Å²) in [7, 11) is 0. The Bertz CT molecular complexity index is 305. The van der Waals surface area contributed by atoms with E-state index in [-0.39, 0.29) is 18.0 Å². The molecule has 0 aromatic rings. The summed E-state index contributed by atoms with van der Waals surface area (Å²) >= 11 is 0. The number of rotatable bonds is 5. The van der Waals surface area contributed by atoms with E-state index in [2.05, 4.69) is 29.4 Å². The smallest absolute Gasteiger partial charge is 0.237 e. The van der Waals surface area contributed by atoms with E-state index in [9.17, 15) is 4.79 Å². The summed E-state index contributed by atoms with van der Waals surface area (Å²) in [6.07, 6.45) is 3.35. The molecule has 0 aromatic heterocycles. The SMILES string of the molecule is CCC1CCNC(C(=O)NC(C)CN2CCOCC2)C1. The van der Waals surface area contributed by atoms with Gasteiger partial charge in [-0.1, -0.05) is 13.3 Å². The highest BCUT2D eigenvalue weighted by molar-refractivity contribution is 5.82. The highest BCUT2D eigenvalue weighted by Gasteiger charge is 2.26. The molecule has 2 aliphatic heterocycles. The summed E-state index contributed by atoms with van der Waals surface area (Å²) in [5.74, 6) is 0.866. The van der Waals surface area contributed by atoms with Gasteiger partial charge in [0.05, 0.1) is 19.3 Å². The molecule has 0 saturated carbocycles. The van der Waals surface area contributed by atoms with Crippen molar-refractivity contribution in [2.45, 2.75) is 45.2 Å². The van der Waals surface area contributed by atoms with Gasteiger partial charge in [0.25, 0.3) is 0 Å². The third-order valence-corrected chi connectivity index (χ3v) is 4.43. The van der Waals surface area contributed by atoms with E-state index in [0.717, 1.165) is 45.8 Å². The van der Waals surface area contributed by atoms with Crippen molar-refractivity contribution in [2.75, 3.05) is 39.4 Å². The van der Waals surface area contributed by atoms with Crippen LogP contribution in [0.3, 0.4) is 0 Å². The number of hydrogen-bond acceptors (Lipinski definition) is 4. The lowest BCUT2D eigenvalue weighted by Gasteiger charge is -2.32. The number of morpholine rings is 1. The maximum Gasteiger partial charge on any atom is 0.237 e. The molecular weight excluding hydrogens is 254 g/mol. The van der Waals surface area contributed by atoms with Crippen LogP contribution in [0.5, 0.6) is 0 Å². The van der Waals surface area contributed by atoms with Gasteiger partial charge < -0.3 is 15.4 Å². The van der Waals surface area contributed by atoms with Crippen LogP contribution < -0.4 is 10.6 Å². The zero-order chi connectivity index (χ0) is 14.4. The maximum absolute atomic E-state index is 12.3. The molecule has 2 saturated heterocycles. The molecule has 3 unspecified atom stereocenters. The second kappa shape index (κ2) is 7.96. The standard InChI is InChI=1S/C15H29N3O2/c1-3-13-4-5-16-14(10-13)15(19)17-12(2)11-18-6-8-20-9-7-18/h12-14,16H,3-11H2,1-2H3,(H,17,19). The lowest BCUT2D eigenvalue weighted by atomic mass is 9.90. The highest BCUT2D eigenvalue weighted by Crippen LogP contribution is 2.19. The highest BCUT2D eigenvalue weighted by atomic mass is 16.5. The minimum Gasteiger partial charge on any atom is -0.379 e. The molecule has 0 aromatic carbocycles. The molecule has 0 bridgehead atoms. The van der Waals surface area contributed by atoms with Gasteiger partial charge in [0.2, 0.25) is 5.91 Å². The molecule has 116 valence electrons. The van der Waals surface area contributed by atoms with Crippen LogP contribution in [0.4, 0.5) is 0 Å². The lowest BCUT2D eigenvalue weighted by molar-refractivity contribution is -0.124. The number of carbonyl (C=O) groups excluding carboxylic acids is 1. The summed E-state index contributed by atoms with van der Waals surface area (Å²) < 4.78 is 5.34. The zero-order valence-corrected chi connectivity index (χ0v) is 12.9. The third kappa shape index (κ3) is 4.72. The fraction of sp³-hybridized carbons (Fsp3) is 0.933. The number of hydrogen-bond donors (Lipinski definition) is 2. The molecule has 3 atom stereocenters. The number of nitrogens with zero attached hydrogens (tertiary/aromatic N) is 1. The van der Waals surface area contributed by atoms with Gasteiger partial charge in [0, 0.05) is 25.7 Å². The van der Waals surface area contributed by atoms with E-state index in [0.29, 0.717) is 5.92 Å². The summed E-state index contributed by atoms with van der Waals surface area (Å²) in [4.78, 5) is 14.7. The first-order valence-corrected chi connectivity index (χ1v) is 8.03. The zero-order valence-electron chi connectivity index (χ0n) is 12.9. The molecule has 0 radical (unpaired) electrons. The van der Waals surface area contributed by atoms with Crippen molar-refractivity contribution in [3.05, 3.63) is 0 Å². The van der Waals surface area contributed by atoms with Gasteiger partial charge in [-0.15, -0.1) is 0 Å². The van der Waals surface area contributed by atoms with Gasteiger partial charge in [-0.25, -0.2) is 0 Å². The molecular formula is C15H29N3O2. The topological polar surface area (TPSA) is 53.6 Å². The van der Waals surface area contributed by atoms with E-state index < -0.39 is 0 Å². The van der Waals surface area contributed by atoms with E-state index in [4.69, 9.17) is 4.74 Å². The second-order valence-electron chi connectivity index (χ2n) is 6.13. The molecule has 20 heavy (non-hydrogen) atoms. The Hall–Kier alpha value is -0.650. The van der Waals surface area contributed by atoms with E-state index in [1.807, 2.05) is 0 Å². The summed E-state index contributed by atoms with van der Waals surface area (Å²) in [5.41, 5.74) is 0. The van der Waals surface area contributed by atoms with Crippen molar-refractivity contribution in [2.24, 2.45) is 5.92 Å². The van der Waals surface area contributed by atoms with Crippen molar-refractivity contribution >= 4 is 5.91 Å². The predicted molar refractivity (Wildman–Crippen MR) is 79.7 cm³/mol. The van der Waals surface area contributed by atoms with Crippen molar-refractivity contribution in [3.8, 4) is 0 Å². The minimum absolute atomic E-state index is 0.000777. The average molecular weight is 283 g/mol. The first kappa shape index (κ1) is 15.7. The van der Waals surface area contributed by atoms with Crippen molar-refractivity contribution < 1.29 is 9.53 Å². The quantitative estimate of drug-likeness (QED) is 0.776. The molecule has 2 fully saturated rings. The molecule has 0 aliphatic carbocycles. The van der Waals surface area contributed by atoms with Crippen molar-refractivity contribution in [1.29, 1.82) is 0 Å². The Morgan fingerprint density at radius 2 is 2.20 bits per heavy atom. The Labute approximate surface area is 122 Å². The Balaban J connectivity index is 1.72. The van der Waals surface area contributed by atoms with Crippen LogP contribution in [0.15, 0.2) is 0 Å². The van der Waals surface area contributed by atoms with Crippen molar-refractivity contribution in [3.63, 3.8) is 0 Å². The van der Waals surface area contributed by atoms with Crippen LogP contribution in [-0.4, -0.2) is 62.3 Å². The van der Waals surface area contributed by atoms with Crippen LogP contribution in [-0.2, 0) is 9.53 Å². The van der Waals surface area contributed by atoms with E-state index in [1.165, 1.54) is 12.8 Å². The Kier molecular flexibility index (Phi) is 6.26. The fourth-order valence-corrected chi connectivity index (χ4v) is 3.13. The van der Waals surface area contributed by atoms with Gasteiger partial charge >= 0.3 is 0 Å². The van der Waals surface area contributed by atoms with Crippen LogP contribution in [0, 0.1) is 5.92 Å². The summed E-state index contributed by atoms with van der Waals surface area (Å²) in [5, 5.41) is 6.50. The lowest BCUT2D eigenvalue weighted by Crippen LogP contribution is -2.53. The first-order chi connectivity index (χ1) is 9.69. The van der Waals surface area contributed by atoms with Crippen LogP contribution in [0.2, 0.25) is 0 Å².